The van der Waals surface area contributed by atoms with E-state index in [-0.39, 0.29) is 21.5 Å². The Kier molecular flexibility index (Phi) is 7.01. The topological polar surface area (TPSA) is 82.6 Å². The number of benzene rings is 1. The van der Waals surface area contributed by atoms with Crippen LogP contribution in [-0.4, -0.2) is 56.8 Å². The maximum atomic E-state index is 12.7. The van der Waals surface area contributed by atoms with Crippen molar-refractivity contribution in [1.82, 2.24) is 14.6 Å². The summed E-state index contributed by atoms with van der Waals surface area (Å²) in [5.41, 5.74) is -0.750. The van der Waals surface area contributed by atoms with E-state index in [1.807, 2.05) is 4.90 Å². The highest BCUT2D eigenvalue weighted by atomic mass is 35.5. The summed E-state index contributed by atoms with van der Waals surface area (Å²) >= 11 is 6.12. The quantitative estimate of drug-likeness (QED) is 0.694. The lowest BCUT2D eigenvalue weighted by Gasteiger charge is -2.33. The Morgan fingerprint density at radius 3 is 2.38 bits per heavy atom. The normalized spacial score (nSPS) is 15.8. The Morgan fingerprint density at radius 2 is 1.84 bits per heavy atom. The third-order valence-corrected chi connectivity index (χ3v) is 7.33. The molecule has 1 aliphatic heterocycles. The maximum absolute atomic E-state index is 12.7. The van der Waals surface area contributed by atoms with Gasteiger partial charge in [0.05, 0.1) is 21.0 Å². The van der Waals surface area contributed by atoms with E-state index < -0.39 is 27.7 Å². The van der Waals surface area contributed by atoms with Crippen molar-refractivity contribution in [2.75, 3.05) is 32.1 Å². The molecule has 0 aliphatic carbocycles. The molecule has 32 heavy (non-hydrogen) atoms. The number of anilines is 1. The third-order valence-electron chi connectivity index (χ3n) is 5.19. The van der Waals surface area contributed by atoms with Gasteiger partial charge in [-0.1, -0.05) is 11.6 Å². The smallest absolute Gasteiger partial charge is 0.356 e. The summed E-state index contributed by atoms with van der Waals surface area (Å²) in [6, 6.07) is 6.08. The molecule has 1 saturated heterocycles. The van der Waals surface area contributed by atoms with Gasteiger partial charge in [-0.05, 0) is 43.2 Å². The SMILES string of the molecule is CN(C)S(=O)(=O)c1ccc(Cl)c(C(=O)NC2CCN(c3ccc(C(F)(F)F)cn3)CC2)c1. The van der Waals surface area contributed by atoms with Crippen LogP contribution in [0.2, 0.25) is 5.02 Å². The fraction of sp³-hybridized carbons (Fsp3) is 0.400. The molecule has 1 amide bonds. The summed E-state index contributed by atoms with van der Waals surface area (Å²) in [6.45, 7) is 0.984. The number of hydrogen-bond acceptors (Lipinski definition) is 5. The van der Waals surface area contributed by atoms with Gasteiger partial charge in [-0.15, -0.1) is 0 Å². The van der Waals surface area contributed by atoms with E-state index in [1.54, 1.807) is 0 Å². The predicted molar refractivity (Wildman–Crippen MR) is 114 cm³/mol. The van der Waals surface area contributed by atoms with Crippen molar-refractivity contribution in [3.63, 3.8) is 0 Å². The number of pyridine rings is 1. The number of nitrogens with zero attached hydrogens (tertiary/aromatic N) is 3. The van der Waals surface area contributed by atoms with Crippen LogP contribution in [0.4, 0.5) is 19.0 Å². The van der Waals surface area contributed by atoms with E-state index in [2.05, 4.69) is 10.3 Å². The summed E-state index contributed by atoms with van der Waals surface area (Å²) in [5, 5.41) is 2.99. The van der Waals surface area contributed by atoms with Crippen molar-refractivity contribution in [3.05, 3.63) is 52.7 Å². The monoisotopic (exact) mass is 490 g/mol. The number of piperidine rings is 1. The lowest BCUT2D eigenvalue weighted by atomic mass is 10.0. The van der Waals surface area contributed by atoms with E-state index in [4.69, 9.17) is 11.6 Å². The van der Waals surface area contributed by atoms with Crippen molar-refractivity contribution >= 4 is 33.3 Å². The largest absolute Gasteiger partial charge is 0.417 e. The van der Waals surface area contributed by atoms with E-state index in [1.165, 1.54) is 38.4 Å². The Bertz CT molecular complexity index is 1080. The number of sulfonamides is 1. The molecule has 0 spiro atoms. The predicted octanol–water partition coefficient (Wildman–Crippen LogP) is 3.40. The molecular weight excluding hydrogens is 469 g/mol. The molecule has 2 aromatic rings. The molecule has 1 aliphatic rings. The molecule has 0 saturated carbocycles. The van der Waals surface area contributed by atoms with Crippen LogP contribution in [0, 0.1) is 0 Å². The minimum absolute atomic E-state index is 0.0414. The summed E-state index contributed by atoms with van der Waals surface area (Å²) < 4.78 is 63.8. The molecule has 3 rings (SSSR count). The molecule has 2 heterocycles. The highest BCUT2D eigenvalue weighted by Gasteiger charge is 2.31. The minimum Gasteiger partial charge on any atom is -0.356 e. The van der Waals surface area contributed by atoms with Crippen LogP contribution in [0.5, 0.6) is 0 Å². The first-order chi connectivity index (χ1) is 14.9. The van der Waals surface area contributed by atoms with Crippen molar-refractivity contribution < 1.29 is 26.4 Å². The van der Waals surface area contributed by atoms with Crippen molar-refractivity contribution in [2.24, 2.45) is 0 Å². The van der Waals surface area contributed by atoms with Crippen LogP contribution in [-0.2, 0) is 16.2 Å². The zero-order valence-electron chi connectivity index (χ0n) is 17.4. The Morgan fingerprint density at radius 1 is 1.19 bits per heavy atom. The standard InChI is InChI=1S/C20H22ClF3N4O3S/c1-27(2)32(30,31)15-4-5-17(21)16(11-15)19(29)26-14-7-9-28(10-8-14)18-6-3-13(12-25-18)20(22,23)24/h3-6,11-12,14H,7-10H2,1-2H3,(H,26,29). The van der Waals surface area contributed by atoms with E-state index >= 15 is 0 Å². The summed E-state index contributed by atoms with van der Waals surface area (Å²) in [4.78, 5) is 18.4. The Hall–Kier alpha value is -2.37. The van der Waals surface area contributed by atoms with Crippen LogP contribution in [0.1, 0.15) is 28.8 Å². The van der Waals surface area contributed by atoms with Gasteiger partial charge in [-0.3, -0.25) is 4.79 Å². The van der Waals surface area contributed by atoms with Crippen molar-refractivity contribution in [1.29, 1.82) is 0 Å². The van der Waals surface area contributed by atoms with Gasteiger partial charge in [0.25, 0.3) is 5.91 Å². The minimum atomic E-state index is -4.44. The average Bonchev–Trinajstić information content (AvgIpc) is 2.73. The van der Waals surface area contributed by atoms with E-state index in [9.17, 15) is 26.4 Å². The molecule has 0 bridgehead atoms. The van der Waals surface area contributed by atoms with Crippen LogP contribution in [0.3, 0.4) is 0 Å². The summed E-state index contributed by atoms with van der Waals surface area (Å²) in [5.74, 6) is -0.0516. The first-order valence-electron chi connectivity index (χ1n) is 9.70. The average molecular weight is 491 g/mol. The molecule has 174 valence electrons. The molecule has 7 nitrogen and oxygen atoms in total. The number of hydrogen-bond donors (Lipinski definition) is 1. The molecule has 1 aromatic heterocycles. The number of nitrogens with one attached hydrogen (secondary N) is 1. The summed E-state index contributed by atoms with van der Waals surface area (Å²) in [6.07, 6.45) is -2.54. The van der Waals surface area contributed by atoms with Crippen LogP contribution < -0.4 is 10.2 Å². The molecule has 1 N–H and O–H groups in total. The molecule has 0 radical (unpaired) electrons. The first-order valence-corrected chi connectivity index (χ1v) is 11.5. The number of amides is 1. The lowest BCUT2D eigenvalue weighted by molar-refractivity contribution is -0.137. The molecule has 12 heteroatoms. The van der Waals surface area contributed by atoms with Crippen molar-refractivity contribution in [2.45, 2.75) is 30.0 Å². The van der Waals surface area contributed by atoms with E-state index in [0.717, 1.165) is 16.6 Å². The number of rotatable bonds is 5. The molecule has 1 aromatic carbocycles. The van der Waals surface area contributed by atoms with Gasteiger partial charge >= 0.3 is 6.18 Å². The van der Waals surface area contributed by atoms with Gasteiger partial charge in [0.1, 0.15) is 5.82 Å². The van der Waals surface area contributed by atoms with Crippen LogP contribution >= 0.6 is 11.6 Å². The third kappa shape index (κ3) is 5.33. The molecule has 0 atom stereocenters. The zero-order chi connectivity index (χ0) is 23.7. The van der Waals surface area contributed by atoms with Gasteiger partial charge in [-0.2, -0.15) is 13.2 Å². The highest BCUT2D eigenvalue weighted by Crippen LogP contribution is 2.30. The number of alkyl halides is 3. The fourth-order valence-corrected chi connectivity index (χ4v) is 4.44. The zero-order valence-corrected chi connectivity index (χ0v) is 18.9. The number of halogens is 4. The van der Waals surface area contributed by atoms with Gasteiger partial charge in [0, 0.05) is 39.4 Å². The maximum Gasteiger partial charge on any atom is 0.417 e. The fourth-order valence-electron chi connectivity index (χ4n) is 3.31. The lowest BCUT2D eigenvalue weighted by Crippen LogP contribution is -2.45. The number of carbonyl (C=O) groups excluding carboxylic acids is 1. The molecular formula is C20H22ClF3N4O3S. The second-order valence-corrected chi connectivity index (χ2v) is 10.1. The molecule has 1 fully saturated rings. The van der Waals surface area contributed by atoms with Crippen LogP contribution in [0.25, 0.3) is 0 Å². The Balaban J connectivity index is 1.64. The van der Waals surface area contributed by atoms with Gasteiger partial charge in [-0.25, -0.2) is 17.7 Å². The number of carbonyl (C=O) groups is 1. The van der Waals surface area contributed by atoms with Crippen molar-refractivity contribution in [3.8, 4) is 0 Å². The van der Waals surface area contributed by atoms with Gasteiger partial charge in [0.15, 0.2) is 0 Å². The second-order valence-electron chi connectivity index (χ2n) is 7.57. The second kappa shape index (κ2) is 9.24. The highest BCUT2D eigenvalue weighted by molar-refractivity contribution is 7.89. The molecule has 0 unspecified atom stereocenters. The van der Waals surface area contributed by atoms with E-state index in [0.29, 0.717) is 31.7 Å². The van der Waals surface area contributed by atoms with Gasteiger partial charge in [0.2, 0.25) is 10.0 Å². The van der Waals surface area contributed by atoms with Gasteiger partial charge < -0.3 is 10.2 Å². The summed E-state index contributed by atoms with van der Waals surface area (Å²) in [7, 11) is -0.939. The number of aromatic nitrogens is 1. The first kappa shape index (κ1) is 24.3. The van der Waals surface area contributed by atoms with Crippen LogP contribution in [0.15, 0.2) is 41.4 Å². The Labute approximate surface area is 189 Å².